The Morgan fingerprint density at radius 3 is 2.05 bits per heavy atom. The standard InChI is InChI=1S/C33H35NO8/c1-6-38-30(35)20-29-31(33(37)40-8-3)27-19-26(42-25-11-9-10-22(18-25)32(36)39-7-2)16-17-28(27)34(29)23-12-14-24(15-13-23)41-21(4)5/h9-19,21H,6-8,20H2,1-5H3. The van der Waals surface area contributed by atoms with Gasteiger partial charge in [-0.15, -0.1) is 0 Å². The van der Waals surface area contributed by atoms with Crippen LogP contribution in [0.4, 0.5) is 0 Å². The molecule has 0 unspecified atom stereocenters. The highest BCUT2D eigenvalue weighted by Gasteiger charge is 2.27. The minimum absolute atomic E-state index is 0.00876. The summed E-state index contributed by atoms with van der Waals surface area (Å²) in [5.74, 6) is 0.0528. The lowest BCUT2D eigenvalue weighted by Gasteiger charge is -2.14. The van der Waals surface area contributed by atoms with E-state index >= 15 is 0 Å². The first kappa shape index (κ1) is 30.2. The van der Waals surface area contributed by atoms with E-state index in [1.54, 1.807) is 57.2 Å². The molecule has 0 atom stereocenters. The van der Waals surface area contributed by atoms with Crippen LogP contribution < -0.4 is 9.47 Å². The van der Waals surface area contributed by atoms with Gasteiger partial charge in [0.25, 0.3) is 0 Å². The van der Waals surface area contributed by atoms with Gasteiger partial charge in [-0.3, -0.25) is 4.79 Å². The van der Waals surface area contributed by atoms with Crippen molar-refractivity contribution in [3.05, 3.63) is 83.6 Å². The predicted molar refractivity (Wildman–Crippen MR) is 158 cm³/mol. The van der Waals surface area contributed by atoms with E-state index in [0.29, 0.717) is 39.4 Å². The fourth-order valence-electron chi connectivity index (χ4n) is 4.61. The number of carbonyl (C=O) groups excluding carboxylic acids is 3. The zero-order chi connectivity index (χ0) is 30.2. The number of fused-ring (bicyclic) bond motifs is 1. The van der Waals surface area contributed by atoms with Crippen molar-refractivity contribution >= 4 is 28.8 Å². The molecular weight excluding hydrogens is 538 g/mol. The molecule has 0 amide bonds. The van der Waals surface area contributed by atoms with Gasteiger partial charge in [0.1, 0.15) is 17.2 Å². The van der Waals surface area contributed by atoms with E-state index in [1.165, 1.54) is 0 Å². The lowest BCUT2D eigenvalue weighted by Crippen LogP contribution is -2.15. The highest BCUT2D eigenvalue weighted by atomic mass is 16.5. The maximum atomic E-state index is 13.4. The van der Waals surface area contributed by atoms with Gasteiger partial charge in [0.05, 0.1) is 49.0 Å². The number of hydrogen-bond acceptors (Lipinski definition) is 8. The normalized spacial score (nSPS) is 10.9. The Morgan fingerprint density at radius 1 is 0.738 bits per heavy atom. The van der Waals surface area contributed by atoms with Crippen molar-refractivity contribution < 1.29 is 38.1 Å². The second kappa shape index (κ2) is 13.7. The number of benzene rings is 3. The van der Waals surface area contributed by atoms with Gasteiger partial charge in [-0.2, -0.15) is 0 Å². The average Bonchev–Trinajstić information content (AvgIpc) is 3.26. The van der Waals surface area contributed by atoms with Crippen LogP contribution in [-0.2, 0) is 25.4 Å². The van der Waals surface area contributed by atoms with Crippen molar-refractivity contribution in [3.63, 3.8) is 0 Å². The van der Waals surface area contributed by atoms with Crippen molar-refractivity contribution in [2.45, 2.75) is 47.1 Å². The number of hydrogen-bond donors (Lipinski definition) is 0. The third-order valence-corrected chi connectivity index (χ3v) is 6.18. The van der Waals surface area contributed by atoms with Crippen LogP contribution in [0.15, 0.2) is 66.7 Å². The second-order valence-corrected chi connectivity index (χ2v) is 9.55. The second-order valence-electron chi connectivity index (χ2n) is 9.55. The van der Waals surface area contributed by atoms with E-state index in [9.17, 15) is 14.4 Å². The van der Waals surface area contributed by atoms with Crippen molar-refractivity contribution in [2.75, 3.05) is 19.8 Å². The maximum absolute atomic E-state index is 13.4. The Kier molecular flexibility index (Phi) is 9.85. The highest BCUT2D eigenvalue weighted by molar-refractivity contribution is 6.08. The van der Waals surface area contributed by atoms with Gasteiger partial charge in [-0.25, -0.2) is 9.59 Å². The Bertz CT molecular complexity index is 1570. The van der Waals surface area contributed by atoms with Crippen LogP contribution in [-0.4, -0.2) is 48.4 Å². The molecule has 9 heteroatoms. The van der Waals surface area contributed by atoms with E-state index in [4.69, 9.17) is 23.7 Å². The van der Waals surface area contributed by atoms with Gasteiger partial charge in [0.2, 0.25) is 0 Å². The Morgan fingerprint density at radius 2 is 1.38 bits per heavy atom. The molecule has 1 heterocycles. The fourth-order valence-corrected chi connectivity index (χ4v) is 4.61. The number of rotatable bonds is 12. The van der Waals surface area contributed by atoms with E-state index < -0.39 is 17.9 Å². The van der Waals surface area contributed by atoms with Gasteiger partial charge < -0.3 is 28.3 Å². The number of ether oxygens (including phenoxy) is 5. The summed E-state index contributed by atoms with van der Waals surface area (Å²) in [6, 6.07) is 19.4. The van der Waals surface area contributed by atoms with Crippen LogP contribution in [0.2, 0.25) is 0 Å². The molecule has 0 fully saturated rings. The first-order chi connectivity index (χ1) is 20.2. The summed E-state index contributed by atoms with van der Waals surface area (Å²) in [6.45, 7) is 9.71. The number of esters is 3. The molecule has 4 rings (SSSR count). The number of nitrogens with zero attached hydrogens (tertiary/aromatic N) is 1. The number of carbonyl (C=O) groups is 3. The molecule has 4 aromatic rings. The molecule has 0 bridgehead atoms. The van der Waals surface area contributed by atoms with Crippen LogP contribution >= 0.6 is 0 Å². The van der Waals surface area contributed by atoms with Crippen molar-refractivity contribution in [2.24, 2.45) is 0 Å². The molecule has 0 aliphatic carbocycles. The van der Waals surface area contributed by atoms with Crippen LogP contribution in [0.5, 0.6) is 17.2 Å². The molecule has 220 valence electrons. The van der Waals surface area contributed by atoms with E-state index in [-0.39, 0.29) is 37.9 Å². The van der Waals surface area contributed by atoms with Crippen molar-refractivity contribution in [1.29, 1.82) is 0 Å². The van der Waals surface area contributed by atoms with Crippen LogP contribution in [0.3, 0.4) is 0 Å². The van der Waals surface area contributed by atoms with E-state index in [1.807, 2.05) is 48.7 Å². The molecule has 1 aromatic heterocycles. The average molecular weight is 574 g/mol. The van der Waals surface area contributed by atoms with Crippen LogP contribution in [0, 0.1) is 0 Å². The Labute approximate surface area is 244 Å². The quantitative estimate of drug-likeness (QED) is 0.137. The molecule has 9 nitrogen and oxygen atoms in total. The summed E-state index contributed by atoms with van der Waals surface area (Å²) in [7, 11) is 0. The molecule has 3 aromatic carbocycles. The van der Waals surface area contributed by atoms with Gasteiger partial charge in [0, 0.05) is 16.8 Å². The smallest absolute Gasteiger partial charge is 0.340 e. The summed E-state index contributed by atoms with van der Waals surface area (Å²) >= 11 is 0. The lowest BCUT2D eigenvalue weighted by atomic mass is 10.1. The lowest BCUT2D eigenvalue weighted by molar-refractivity contribution is -0.142. The molecule has 0 saturated carbocycles. The Balaban J connectivity index is 1.86. The van der Waals surface area contributed by atoms with Gasteiger partial charge in [-0.05, 0) is 95.3 Å². The Hall–Kier alpha value is -4.79. The largest absolute Gasteiger partial charge is 0.491 e. The first-order valence-electron chi connectivity index (χ1n) is 14.0. The highest BCUT2D eigenvalue weighted by Crippen LogP contribution is 2.35. The molecule has 0 saturated heterocycles. The van der Waals surface area contributed by atoms with Crippen LogP contribution in [0.1, 0.15) is 61.0 Å². The van der Waals surface area contributed by atoms with Gasteiger partial charge >= 0.3 is 17.9 Å². The summed E-state index contributed by atoms with van der Waals surface area (Å²) in [5, 5.41) is 0.536. The molecule has 0 aliphatic rings. The third kappa shape index (κ3) is 6.91. The molecule has 0 aliphatic heterocycles. The maximum Gasteiger partial charge on any atom is 0.340 e. The molecule has 0 N–H and O–H groups in total. The SMILES string of the molecule is CCOC(=O)Cc1c(C(=O)OCC)c2cc(Oc3cccc(C(=O)OCC)c3)ccc2n1-c1ccc(OC(C)C)cc1. The third-order valence-electron chi connectivity index (χ3n) is 6.18. The molecule has 0 radical (unpaired) electrons. The van der Waals surface area contributed by atoms with Gasteiger partial charge in [-0.1, -0.05) is 6.07 Å². The van der Waals surface area contributed by atoms with Crippen molar-refractivity contribution in [3.8, 4) is 22.9 Å². The monoisotopic (exact) mass is 573 g/mol. The number of aromatic nitrogens is 1. The minimum Gasteiger partial charge on any atom is -0.491 e. The van der Waals surface area contributed by atoms with E-state index in [2.05, 4.69) is 0 Å². The predicted octanol–water partition coefficient (Wildman–Crippen LogP) is 6.67. The zero-order valence-electron chi connectivity index (χ0n) is 24.5. The van der Waals surface area contributed by atoms with Crippen LogP contribution in [0.25, 0.3) is 16.6 Å². The summed E-state index contributed by atoms with van der Waals surface area (Å²) in [6.07, 6.45) is -0.145. The van der Waals surface area contributed by atoms with E-state index in [0.717, 1.165) is 5.69 Å². The molecule has 42 heavy (non-hydrogen) atoms. The topological polar surface area (TPSA) is 102 Å². The minimum atomic E-state index is -0.568. The zero-order valence-corrected chi connectivity index (χ0v) is 24.5. The summed E-state index contributed by atoms with van der Waals surface area (Å²) in [5.41, 5.74) is 2.42. The van der Waals surface area contributed by atoms with Gasteiger partial charge in [0.15, 0.2) is 0 Å². The summed E-state index contributed by atoms with van der Waals surface area (Å²) < 4.78 is 29.5. The first-order valence-corrected chi connectivity index (χ1v) is 14.0. The summed E-state index contributed by atoms with van der Waals surface area (Å²) in [4.78, 5) is 38.4. The molecule has 0 spiro atoms. The molecular formula is C33H35NO8. The fraction of sp³-hybridized carbons (Fsp3) is 0.303. The van der Waals surface area contributed by atoms with Crippen molar-refractivity contribution in [1.82, 2.24) is 4.57 Å².